The Morgan fingerprint density at radius 1 is 1.18 bits per heavy atom. The Balaban J connectivity index is 2.24. The van der Waals surface area contributed by atoms with E-state index in [9.17, 15) is 0 Å². The molecule has 0 saturated carbocycles. The molecule has 5 heteroatoms. The number of hydrogen-bond donors (Lipinski definition) is 0. The topological polar surface area (TPSA) is 43.6 Å². The minimum Gasteiger partial charge on any atom is -0.224 e. The molecule has 17 heavy (non-hydrogen) atoms. The second-order valence-corrected chi connectivity index (χ2v) is 4.20. The van der Waals surface area contributed by atoms with E-state index in [1.807, 2.05) is 18.3 Å². The van der Waals surface area contributed by atoms with E-state index in [-0.39, 0.29) is 0 Å². The minimum absolute atomic E-state index is 0.408. The van der Waals surface area contributed by atoms with Crippen LogP contribution in [0.25, 0.3) is 16.7 Å². The smallest absolute Gasteiger partial charge is 0.158 e. The average Bonchev–Trinajstić information content (AvgIpc) is 2.71. The van der Waals surface area contributed by atoms with Gasteiger partial charge in [-0.25, -0.2) is 14.6 Å². The van der Waals surface area contributed by atoms with Gasteiger partial charge in [0.05, 0.1) is 11.7 Å². The lowest BCUT2D eigenvalue weighted by atomic mass is 10.2. The van der Waals surface area contributed by atoms with Gasteiger partial charge < -0.3 is 0 Å². The second-order valence-electron chi connectivity index (χ2n) is 3.82. The minimum atomic E-state index is 0.408. The van der Waals surface area contributed by atoms with Crippen LogP contribution < -0.4 is 0 Å². The summed E-state index contributed by atoms with van der Waals surface area (Å²) < 4.78 is 1.75. The maximum Gasteiger partial charge on any atom is 0.158 e. The fourth-order valence-corrected chi connectivity index (χ4v) is 1.92. The van der Waals surface area contributed by atoms with Crippen molar-refractivity contribution in [2.45, 2.75) is 6.92 Å². The third kappa shape index (κ3) is 1.76. The zero-order valence-corrected chi connectivity index (χ0v) is 9.89. The number of rotatable bonds is 1. The van der Waals surface area contributed by atoms with Crippen LogP contribution in [-0.4, -0.2) is 19.7 Å². The van der Waals surface area contributed by atoms with Crippen molar-refractivity contribution in [2.75, 3.05) is 0 Å². The summed E-state index contributed by atoms with van der Waals surface area (Å²) >= 11 is 5.85. The predicted octanol–water partition coefficient (Wildman–Crippen LogP) is 2.78. The van der Waals surface area contributed by atoms with Gasteiger partial charge in [-0.1, -0.05) is 23.2 Å². The van der Waals surface area contributed by atoms with Crippen molar-refractivity contribution < 1.29 is 0 Å². The molecule has 2 heterocycles. The van der Waals surface area contributed by atoms with Crippen LogP contribution in [0, 0.1) is 6.92 Å². The Morgan fingerprint density at radius 3 is 2.88 bits per heavy atom. The van der Waals surface area contributed by atoms with Crippen LogP contribution in [-0.2, 0) is 0 Å². The van der Waals surface area contributed by atoms with Crippen LogP contribution in [0.4, 0.5) is 0 Å². The molecule has 0 N–H and O–H groups in total. The predicted molar refractivity (Wildman–Crippen MR) is 66.4 cm³/mol. The Morgan fingerprint density at radius 2 is 2.06 bits per heavy atom. The number of nitrogens with zero attached hydrogens (tertiary/aromatic N) is 4. The number of fused-ring (bicyclic) bond motifs is 1. The lowest BCUT2D eigenvalue weighted by Crippen LogP contribution is -1.99. The summed E-state index contributed by atoms with van der Waals surface area (Å²) in [6, 6.07) is 7.84. The van der Waals surface area contributed by atoms with Gasteiger partial charge in [-0.15, -0.1) is 0 Å². The second kappa shape index (κ2) is 3.82. The van der Waals surface area contributed by atoms with Crippen LogP contribution in [0.5, 0.6) is 0 Å². The van der Waals surface area contributed by atoms with Crippen molar-refractivity contribution in [2.24, 2.45) is 0 Å². The van der Waals surface area contributed by atoms with Crippen LogP contribution in [0.15, 0.2) is 36.8 Å². The molecular weight excluding hydrogens is 236 g/mol. The molecule has 3 aromatic rings. The molecule has 0 fully saturated rings. The summed E-state index contributed by atoms with van der Waals surface area (Å²) in [5.41, 5.74) is 2.21. The van der Waals surface area contributed by atoms with E-state index in [0.29, 0.717) is 11.0 Å². The normalized spacial score (nSPS) is 10.9. The summed E-state index contributed by atoms with van der Waals surface area (Å²) in [7, 11) is 0. The van der Waals surface area contributed by atoms with Crippen molar-refractivity contribution in [3.63, 3.8) is 0 Å². The van der Waals surface area contributed by atoms with E-state index in [1.54, 1.807) is 10.7 Å². The number of aryl methyl sites for hydroxylation is 1. The highest BCUT2D eigenvalue weighted by atomic mass is 35.5. The monoisotopic (exact) mass is 244 g/mol. The first-order chi connectivity index (χ1) is 8.24. The van der Waals surface area contributed by atoms with Gasteiger partial charge in [-0.3, -0.25) is 0 Å². The third-order valence-electron chi connectivity index (χ3n) is 2.56. The molecular formula is C12H9ClN4. The van der Waals surface area contributed by atoms with Crippen molar-refractivity contribution in [1.29, 1.82) is 0 Å². The van der Waals surface area contributed by atoms with Gasteiger partial charge in [0.2, 0.25) is 0 Å². The van der Waals surface area contributed by atoms with E-state index in [2.05, 4.69) is 28.1 Å². The van der Waals surface area contributed by atoms with E-state index in [4.69, 9.17) is 11.6 Å². The van der Waals surface area contributed by atoms with Gasteiger partial charge in [0.25, 0.3) is 0 Å². The van der Waals surface area contributed by atoms with Crippen LogP contribution in [0.3, 0.4) is 0 Å². The lowest BCUT2D eigenvalue weighted by Gasteiger charge is -2.02. The number of halogens is 1. The molecule has 0 aliphatic carbocycles. The summed E-state index contributed by atoms with van der Waals surface area (Å²) in [6.07, 6.45) is 3.25. The standard InChI is InChI=1S/C12H9ClN4/c1-8-2-3-10-9(4-8)6-16-17(10)12-5-11(13)14-7-15-12/h2-7H,1H3. The molecule has 0 radical (unpaired) electrons. The van der Waals surface area contributed by atoms with Gasteiger partial charge >= 0.3 is 0 Å². The summed E-state index contributed by atoms with van der Waals surface area (Å²) in [6.45, 7) is 2.05. The van der Waals surface area contributed by atoms with Gasteiger partial charge in [0.15, 0.2) is 5.82 Å². The van der Waals surface area contributed by atoms with Gasteiger partial charge in [-0.2, -0.15) is 5.10 Å². The molecule has 0 unspecified atom stereocenters. The van der Waals surface area contributed by atoms with Crippen LogP contribution in [0.2, 0.25) is 5.15 Å². The molecule has 1 aromatic carbocycles. The Bertz CT molecular complexity index is 690. The highest BCUT2D eigenvalue weighted by Gasteiger charge is 2.06. The van der Waals surface area contributed by atoms with E-state index in [1.165, 1.54) is 11.9 Å². The molecule has 0 aliphatic rings. The Labute approximate surface area is 103 Å². The maximum absolute atomic E-state index is 5.85. The van der Waals surface area contributed by atoms with Crippen molar-refractivity contribution in [3.05, 3.63) is 47.5 Å². The molecule has 0 saturated heterocycles. The molecule has 0 amide bonds. The van der Waals surface area contributed by atoms with Gasteiger partial charge in [-0.05, 0) is 19.1 Å². The van der Waals surface area contributed by atoms with E-state index in [0.717, 1.165) is 10.9 Å². The van der Waals surface area contributed by atoms with Gasteiger partial charge in [0, 0.05) is 11.5 Å². The molecule has 4 nitrogen and oxygen atoms in total. The van der Waals surface area contributed by atoms with Crippen LogP contribution >= 0.6 is 11.6 Å². The fraction of sp³-hybridized carbons (Fsp3) is 0.0833. The number of aromatic nitrogens is 4. The molecule has 0 spiro atoms. The van der Waals surface area contributed by atoms with Crippen molar-refractivity contribution >= 4 is 22.5 Å². The zero-order valence-electron chi connectivity index (χ0n) is 9.13. The maximum atomic E-state index is 5.85. The third-order valence-corrected chi connectivity index (χ3v) is 2.77. The van der Waals surface area contributed by atoms with Crippen molar-refractivity contribution in [3.8, 4) is 5.82 Å². The summed E-state index contributed by atoms with van der Waals surface area (Å²) in [5.74, 6) is 0.670. The molecule has 2 aromatic heterocycles. The quantitative estimate of drug-likeness (QED) is 0.618. The molecule has 0 aliphatic heterocycles. The molecule has 84 valence electrons. The van der Waals surface area contributed by atoms with Crippen molar-refractivity contribution in [1.82, 2.24) is 19.7 Å². The van der Waals surface area contributed by atoms with E-state index < -0.39 is 0 Å². The Hall–Kier alpha value is -1.94. The molecule has 0 bridgehead atoms. The van der Waals surface area contributed by atoms with Crippen LogP contribution in [0.1, 0.15) is 5.56 Å². The largest absolute Gasteiger partial charge is 0.224 e. The molecule has 0 atom stereocenters. The molecule has 3 rings (SSSR count). The van der Waals surface area contributed by atoms with Gasteiger partial charge in [0.1, 0.15) is 11.5 Å². The summed E-state index contributed by atoms with van der Waals surface area (Å²) in [5, 5.41) is 5.81. The Kier molecular flexibility index (Phi) is 2.30. The highest BCUT2D eigenvalue weighted by Crippen LogP contribution is 2.19. The number of hydrogen-bond acceptors (Lipinski definition) is 3. The summed E-state index contributed by atoms with van der Waals surface area (Å²) in [4.78, 5) is 8.02. The SMILES string of the molecule is Cc1ccc2c(cnn2-c2cc(Cl)ncn2)c1. The first-order valence-corrected chi connectivity index (χ1v) is 5.54. The van der Waals surface area contributed by atoms with E-state index >= 15 is 0 Å². The average molecular weight is 245 g/mol. The first-order valence-electron chi connectivity index (χ1n) is 5.16. The lowest BCUT2D eigenvalue weighted by molar-refractivity contribution is 0.866. The zero-order chi connectivity index (χ0) is 11.8. The fourth-order valence-electron chi connectivity index (χ4n) is 1.78. The number of benzene rings is 1. The first kappa shape index (κ1) is 10.2. The highest BCUT2D eigenvalue weighted by molar-refractivity contribution is 6.29.